The summed E-state index contributed by atoms with van der Waals surface area (Å²) >= 11 is 1.43. The zero-order valence-corrected chi connectivity index (χ0v) is 15.0. The molecule has 2 aromatic carbocycles. The molecule has 0 spiro atoms. The van der Waals surface area contributed by atoms with Gasteiger partial charge in [-0.3, -0.25) is 0 Å². The van der Waals surface area contributed by atoms with Gasteiger partial charge in [-0.2, -0.15) is 0 Å². The molecule has 0 radical (unpaired) electrons. The predicted molar refractivity (Wildman–Crippen MR) is 102 cm³/mol. The molecule has 6 heteroatoms. The van der Waals surface area contributed by atoms with E-state index >= 15 is 0 Å². The number of fused-ring (bicyclic) bond motifs is 1. The molecule has 0 saturated heterocycles. The number of hydrogen-bond donors (Lipinski definition) is 1. The maximum Gasteiger partial charge on any atom is 0.357 e. The first-order valence-corrected chi connectivity index (χ1v) is 9.15. The number of esters is 1. The number of anilines is 1. The summed E-state index contributed by atoms with van der Waals surface area (Å²) in [6, 6.07) is 14.6. The lowest BCUT2D eigenvalue weighted by molar-refractivity contribution is 0.0520. The van der Waals surface area contributed by atoms with Gasteiger partial charge in [-0.25, -0.2) is 9.78 Å². The third-order valence-corrected chi connectivity index (χ3v) is 4.79. The molecule has 0 aliphatic carbocycles. The van der Waals surface area contributed by atoms with Crippen molar-refractivity contribution in [3.63, 3.8) is 0 Å². The molecule has 0 fully saturated rings. The maximum atomic E-state index is 11.9. The lowest BCUT2D eigenvalue weighted by Crippen LogP contribution is -2.29. The van der Waals surface area contributed by atoms with Crippen molar-refractivity contribution >= 4 is 33.2 Å². The normalized spacial score (nSPS) is 10.8. The number of nitrogens with two attached hydrogens (primary N) is 1. The molecule has 25 heavy (non-hydrogen) atoms. The fraction of sp³-hybridized carbons (Fsp3) is 0.263. The van der Waals surface area contributed by atoms with Crippen LogP contribution >= 0.6 is 11.3 Å². The van der Waals surface area contributed by atoms with E-state index in [4.69, 9.17) is 10.5 Å². The van der Waals surface area contributed by atoms with Gasteiger partial charge in [-0.1, -0.05) is 42.5 Å². The van der Waals surface area contributed by atoms with Gasteiger partial charge in [-0.05, 0) is 23.3 Å². The molecule has 3 aromatic rings. The van der Waals surface area contributed by atoms with E-state index in [0.717, 1.165) is 5.13 Å². The molecule has 3 rings (SSSR count). The Morgan fingerprint density at radius 2 is 2.04 bits per heavy atom. The Morgan fingerprint density at radius 3 is 2.84 bits per heavy atom. The summed E-state index contributed by atoms with van der Waals surface area (Å²) in [5, 5.41) is 4.94. The van der Waals surface area contributed by atoms with Crippen LogP contribution in [0.15, 0.2) is 47.8 Å². The molecular formula is C19H21N3O2S. The molecule has 1 heterocycles. The lowest BCUT2D eigenvalue weighted by atomic mass is 10.0. The first-order chi connectivity index (χ1) is 12.2. The van der Waals surface area contributed by atoms with Crippen LogP contribution in [-0.4, -0.2) is 30.6 Å². The number of rotatable bonds is 7. The molecule has 0 aliphatic rings. The van der Waals surface area contributed by atoms with E-state index in [1.54, 1.807) is 12.3 Å². The monoisotopic (exact) mass is 355 g/mol. The molecule has 0 bridgehead atoms. The molecule has 1 aromatic heterocycles. The van der Waals surface area contributed by atoms with Crippen molar-refractivity contribution in [2.75, 3.05) is 24.6 Å². The number of carbonyl (C=O) groups excluding carboxylic acids is 1. The number of aromatic nitrogens is 1. The van der Waals surface area contributed by atoms with Crippen molar-refractivity contribution < 1.29 is 9.53 Å². The summed E-state index contributed by atoms with van der Waals surface area (Å²) in [7, 11) is 0. The van der Waals surface area contributed by atoms with Crippen LogP contribution in [0, 0.1) is 0 Å². The number of carbonyl (C=O) groups is 1. The van der Waals surface area contributed by atoms with E-state index < -0.39 is 0 Å². The van der Waals surface area contributed by atoms with Crippen LogP contribution in [0.1, 0.15) is 23.0 Å². The summed E-state index contributed by atoms with van der Waals surface area (Å²) in [4.78, 5) is 18.4. The Hall–Kier alpha value is -2.44. The molecule has 2 N–H and O–H groups in total. The van der Waals surface area contributed by atoms with Gasteiger partial charge in [0.05, 0.1) is 6.61 Å². The number of nitrogens with zero attached hydrogens (tertiary/aromatic N) is 2. The first kappa shape index (κ1) is 17.4. The highest BCUT2D eigenvalue weighted by molar-refractivity contribution is 7.13. The Balaban J connectivity index is 1.87. The Morgan fingerprint density at radius 1 is 1.24 bits per heavy atom. The lowest BCUT2D eigenvalue weighted by Gasteiger charge is -2.22. The van der Waals surface area contributed by atoms with Crippen LogP contribution in [0.3, 0.4) is 0 Å². The van der Waals surface area contributed by atoms with Gasteiger partial charge < -0.3 is 15.4 Å². The van der Waals surface area contributed by atoms with Gasteiger partial charge in [0, 0.05) is 25.0 Å². The average Bonchev–Trinajstić information content (AvgIpc) is 3.12. The van der Waals surface area contributed by atoms with E-state index in [1.807, 2.05) is 12.1 Å². The highest BCUT2D eigenvalue weighted by Gasteiger charge is 2.16. The summed E-state index contributed by atoms with van der Waals surface area (Å²) in [6.07, 6.45) is 0. The van der Waals surface area contributed by atoms with E-state index in [1.165, 1.54) is 27.7 Å². The van der Waals surface area contributed by atoms with Crippen molar-refractivity contribution in [1.29, 1.82) is 0 Å². The summed E-state index contributed by atoms with van der Waals surface area (Å²) < 4.78 is 5.02. The Kier molecular flexibility index (Phi) is 5.63. The number of ether oxygens (including phenoxy) is 1. The minimum atomic E-state index is -0.386. The third-order valence-electron chi connectivity index (χ3n) is 3.89. The zero-order chi connectivity index (χ0) is 17.6. The van der Waals surface area contributed by atoms with E-state index in [0.29, 0.717) is 31.9 Å². The summed E-state index contributed by atoms with van der Waals surface area (Å²) in [6.45, 7) is 3.99. The molecule has 0 unspecified atom stereocenters. The van der Waals surface area contributed by atoms with Crippen LogP contribution in [0.5, 0.6) is 0 Å². The van der Waals surface area contributed by atoms with Gasteiger partial charge in [0.15, 0.2) is 10.8 Å². The van der Waals surface area contributed by atoms with Crippen LogP contribution in [-0.2, 0) is 11.3 Å². The molecule has 0 amide bonds. The highest BCUT2D eigenvalue weighted by Crippen LogP contribution is 2.25. The number of hydrogen-bond acceptors (Lipinski definition) is 6. The van der Waals surface area contributed by atoms with Crippen molar-refractivity contribution in [3.8, 4) is 0 Å². The molecule has 130 valence electrons. The minimum absolute atomic E-state index is 0.341. The van der Waals surface area contributed by atoms with E-state index in [-0.39, 0.29) is 5.97 Å². The third kappa shape index (κ3) is 3.97. The largest absolute Gasteiger partial charge is 0.461 e. The van der Waals surface area contributed by atoms with Crippen LogP contribution in [0.4, 0.5) is 5.13 Å². The molecule has 0 atom stereocenters. The molecule has 5 nitrogen and oxygen atoms in total. The molecule has 0 saturated carbocycles. The van der Waals surface area contributed by atoms with Crippen LogP contribution in [0.2, 0.25) is 0 Å². The van der Waals surface area contributed by atoms with Gasteiger partial charge in [0.25, 0.3) is 0 Å². The highest BCUT2D eigenvalue weighted by atomic mass is 32.1. The second kappa shape index (κ2) is 8.09. The first-order valence-electron chi connectivity index (χ1n) is 8.27. The Labute approximate surface area is 151 Å². The second-order valence-electron chi connectivity index (χ2n) is 5.58. The molecule has 0 aliphatic heterocycles. The molecular weight excluding hydrogens is 334 g/mol. The topological polar surface area (TPSA) is 68.5 Å². The fourth-order valence-corrected chi connectivity index (χ4v) is 3.56. The number of benzene rings is 2. The van der Waals surface area contributed by atoms with Gasteiger partial charge in [0.1, 0.15) is 0 Å². The minimum Gasteiger partial charge on any atom is -0.461 e. The van der Waals surface area contributed by atoms with Crippen LogP contribution < -0.4 is 10.6 Å². The summed E-state index contributed by atoms with van der Waals surface area (Å²) in [5.74, 6) is -0.386. The summed E-state index contributed by atoms with van der Waals surface area (Å²) in [5.41, 5.74) is 7.35. The maximum absolute atomic E-state index is 11.9. The fourth-order valence-electron chi connectivity index (χ4n) is 2.74. The van der Waals surface area contributed by atoms with Crippen LogP contribution in [0.25, 0.3) is 10.8 Å². The predicted octanol–water partition coefficient (Wildman–Crippen LogP) is 3.44. The van der Waals surface area contributed by atoms with Crippen molar-refractivity contribution in [2.24, 2.45) is 5.73 Å². The van der Waals surface area contributed by atoms with Gasteiger partial charge >= 0.3 is 5.97 Å². The van der Waals surface area contributed by atoms with Crippen molar-refractivity contribution in [2.45, 2.75) is 13.5 Å². The van der Waals surface area contributed by atoms with Gasteiger partial charge in [-0.15, -0.1) is 11.3 Å². The van der Waals surface area contributed by atoms with E-state index in [2.05, 4.69) is 40.2 Å². The smallest absolute Gasteiger partial charge is 0.357 e. The standard InChI is InChI=1S/C19H21N3O2S/c1-2-24-18(23)17-13-25-19(21-17)22(11-10-20)12-15-8-5-7-14-6-3-4-9-16(14)15/h3-9,13H,2,10-12,20H2,1H3. The zero-order valence-electron chi connectivity index (χ0n) is 14.1. The number of thiazole rings is 1. The van der Waals surface area contributed by atoms with Gasteiger partial charge in [0.2, 0.25) is 0 Å². The van der Waals surface area contributed by atoms with Crippen molar-refractivity contribution in [3.05, 3.63) is 59.1 Å². The Bertz CT molecular complexity index is 857. The SMILES string of the molecule is CCOC(=O)c1csc(N(CCN)Cc2cccc3ccccc23)n1. The van der Waals surface area contributed by atoms with Crippen molar-refractivity contribution in [1.82, 2.24) is 4.98 Å². The quantitative estimate of drug-likeness (QED) is 0.658. The van der Waals surface area contributed by atoms with E-state index in [9.17, 15) is 4.79 Å². The second-order valence-corrected chi connectivity index (χ2v) is 6.42. The average molecular weight is 355 g/mol.